The first-order valence-electron chi connectivity index (χ1n) is 2.53. The molecule has 0 aromatic heterocycles. The Bertz CT molecular complexity index is 39.2. The maximum atomic E-state index is 2.18. The summed E-state index contributed by atoms with van der Waals surface area (Å²) in [5, 5.41) is 0. The van der Waals surface area contributed by atoms with Crippen LogP contribution in [0.1, 0.15) is 20.3 Å². The van der Waals surface area contributed by atoms with Gasteiger partial charge < -0.3 is 0 Å². The predicted octanol–water partition coefficient (Wildman–Crippen LogP) is 1.34. The van der Waals surface area contributed by atoms with Crippen molar-refractivity contribution in [2.24, 2.45) is 0 Å². The molecule has 6 heavy (non-hydrogen) atoms. The van der Waals surface area contributed by atoms with Crippen LogP contribution in [0.25, 0.3) is 0 Å². The van der Waals surface area contributed by atoms with E-state index in [9.17, 15) is 0 Å². The molecule has 0 fully saturated rings. The Morgan fingerprint density at radius 3 is 2.50 bits per heavy atom. The Morgan fingerprint density at radius 2 is 2.33 bits per heavy atom. The Labute approximate surface area is 40.5 Å². The molecule has 0 heterocycles. The summed E-state index contributed by atoms with van der Waals surface area (Å²) in [6.45, 7) is 6.41. The van der Waals surface area contributed by atoms with Gasteiger partial charge in [-0.25, -0.2) is 0 Å². The third-order valence-corrected chi connectivity index (χ3v) is 0.691. The number of rotatable bonds is 2. The van der Waals surface area contributed by atoms with Crippen molar-refractivity contribution in [1.29, 1.82) is 0 Å². The third-order valence-electron chi connectivity index (χ3n) is 0.691. The zero-order valence-corrected chi connectivity index (χ0v) is 4.57. The van der Waals surface area contributed by atoms with E-state index in [1.807, 2.05) is 0 Å². The summed E-state index contributed by atoms with van der Waals surface area (Å²) in [6, 6.07) is 0. The molecule has 0 atom stereocenters. The summed E-state index contributed by atoms with van der Waals surface area (Å²) in [7, 11) is 0. The first-order chi connectivity index (χ1) is 2.91. The van der Waals surface area contributed by atoms with Crippen LogP contribution in [0.4, 0.5) is 0 Å². The third kappa shape index (κ3) is 3.93. The minimum absolute atomic E-state index is 1.23. The van der Waals surface area contributed by atoms with Crippen molar-refractivity contribution in [3.8, 4) is 0 Å². The van der Waals surface area contributed by atoms with Gasteiger partial charge in [0, 0.05) is 0 Å². The van der Waals surface area contributed by atoms with Gasteiger partial charge in [0.15, 0.2) is 0 Å². The molecule has 0 aromatic rings. The summed E-state index contributed by atoms with van der Waals surface area (Å²) in [5.74, 6) is 2.09. The molecule has 0 aliphatic rings. The molecule has 0 nitrogen and oxygen atoms in total. The second-order valence-electron chi connectivity index (χ2n) is 1.36. The molecule has 34 valence electrons. The fourth-order valence-electron chi connectivity index (χ4n) is 0.333. The van der Waals surface area contributed by atoms with E-state index >= 15 is 0 Å². The topological polar surface area (TPSA) is 0 Å². The van der Waals surface area contributed by atoms with E-state index in [0.29, 0.717) is 0 Å². The van der Waals surface area contributed by atoms with Crippen LogP contribution < -0.4 is 0 Å². The quantitative estimate of drug-likeness (QED) is 0.441. The SMILES string of the molecule is CC=BCCC. The van der Waals surface area contributed by atoms with Gasteiger partial charge in [-0.15, -0.1) is 0 Å². The van der Waals surface area contributed by atoms with Gasteiger partial charge in [0.05, 0.1) is 0 Å². The monoisotopic (exact) mass is 82.1 g/mol. The Morgan fingerprint density at radius 1 is 1.67 bits per heavy atom. The average molecular weight is 82.0 g/mol. The van der Waals surface area contributed by atoms with Crippen LogP contribution in [0.3, 0.4) is 0 Å². The Hall–Kier alpha value is -0.0651. The van der Waals surface area contributed by atoms with E-state index in [1.54, 1.807) is 0 Å². The van der Waals surface area contributed by atoms with Crippen LogP contribution in [0.15, 0.2) is 0 Å². The molecule has 0 N–H and O–H groups in total. The van der Waals surface area contributed by atoms with Crippen LogP contribution in [0, 0.1) is 0 Å². The van der Waals surface area contributed by atoms with E-state index in [2.05, 4.69) is 26.7 Å². The summed E-state index contributed by atoms with van der Waals surface area (Å²) < 4.78 is 0. The van der Waals surface area contributed by atoms with E-state index in [0.717, 1.165) is 0 Å². The van der Waals surface area contributed by atoms with Crippen molar-refractivity contribution in [1.82, 2.24) is 0 Å². The molecule has 0 aliphatic heterocycles. The summed E-state index contributed by atoms with van der Waals surface area (Å²) in [4.78, 5) is 0. The minimum atomic E-state index is 1.23. The molecule has 0 amide bonds. The molecule has 0 unspecified atom stereocenters. The second-order valence-corrected chi connectivity index (χ2v) is 1.36. The molecule has 0 aliphatic carbocycles. The van der Waals surface area contributed by atoms with Gasteiger partial charge in [-0.1, -0.05) is 0 Å². The molecule has 0 bridgehead atoms. The molecule has 0 spiro atoms. The molecular weight excluding hydrogens is 70.9 g/mol. The fourth-order valence-corrected chi connectivity index (χ4v) is 0.333. The molecule has 0 radical (unpaired) electrons. The Balaban J connectivity index is 2.66. The van der Waals surface area contributed by atoms with E-state index < -0.39 is 0 Å². The van der Waals surface area contributed by atoms with Crippen LogP contribution >= 0.6 is 0 Å². The molecular formula is C5H11B. The standard InChI is InChI=1S/C5H11B/c1-3-5-6-4-2/h4H,3,5H2,1-2H3. The Kier molecular flexibility index (Phi) is 4.88. The van der Waals surface area contributed by atoms with Gasteiger partial charge in [0.2, 0.25) is 0 Å². The molecule has 0 aromatic carbocycles. The zero-order chi connectivity index (χ0) is 4.83. The van der Waals surface area contributed by atoms with Gasteiger partial charge in [-0.05, 0) is 0 Å². The van der Waals surface area contributed by atoms with E-state index in [4.69, 9.17) is 0 Å². The predicted molar refractivity (Wildman–Crippen MR) is 32.6 cm³/mol. The number of hydrogen-bond donors (Lipinski definition) is 0. The average Bonchev–Trinajstić information content (AvgIpc) is 1.61. The van der Waals surface area contributed by atoms with Crippen molar-refractivity contribution in [2.45, 2.75) is 26.6 Å². The first-order valence-corrected chi connectivity index (χ1v) is 2.53. The zero-order valence-electron chi connectivity index (χ0n) is 4.57. The molecule has 1 heteroatoms. The maximum absolute atomic E-state index is 2.18. The van der Waals surface area contributed by atoms with Crippen LogP contribution in [0.5, 0.6) is 0 Å². The summed E-state index contributed by atoms with van der Waals surface area (Å²) in [5.41, 5.74) is 0. The number of hydrogen-bond acceptors (Lipinski definition) is 0. The van der Waals surface area contributed by atoms with Crippen molar-refractivity contribution < 1.29 is 0 Å². The second kappa shape index (κ2) is 4.93. The summed E-state index contributed by atoms with van der Waals surface area (Å²) in [6.07, 6.45) is 2.50. The van der Waals surface area contributed by atoms with E-state index in [-0.39, 0.29) is 0 Å². The van der Waals surface area contributed by atoms with Gasteiger partial charge in [-0.2, -0.15) is 0 Å². The van der Waals surface area contributed by atoms with Crippen molar-refractivity contribution >= 4 is 12.9 Å². The van der Waals surface area contributed by atoms with Crippen LogP contribution in [-0.4, -0.2) is 12.9 Å². The molecule has 0 saturated carbocycles. The summed E-state index contributed by atoms with van der Waals surface area (Å²) >= 11 is 0. The van der Waals surface area contributed by atoms with Gasteiger partial charge >= 0.3 is 39.5 Å². The molecule has 0 saturated heterocycles. The van der Waals surface area contributed by atoms with E-state index in [1.165, 1.54) is 12.7 Å². The van der Waals surface area contributed by atoms with Crippen LogP contribution in [-0.2, 0) is 0 Å². The first kappa shape index (κ1) is 5.93. The van der Waals surface area contributed by atoms with Gasteiger partial charge in [0.1, 0.15) is 0 Å². The van der Waals surface area contributed by atoms with Crippen LogP contribution in [0.2, 0.25) is 6.32 Å². The van der Waals surface area contributed by atoms with Gasteiger partial charge in [0.25, 0.3) is 0 Å². The normalized spacial score (nSPS) is 9.00. The fraction of sp³-hybridized carbons (Fsp3) is 0.800. The molecule has 0 rings (SSSR count). The van der Waals surface area contributed by atoms with Crippen molar-refractivity contribution in [3.63, 3.8) is 0 Å². The van der Waals surface area contributed by atoms with Gasteiger partial charge in [-0.3, -0.25) is 0 Å². The van der Waals surface area contributed by atoms with Crippen molar-refractivity contribution in [2.75, 3.05) is 0 Å². The van der Waals surface area contributed by atoms with Crippen molar-refractivity contribution in [3.05, 3.63) is 0 Å².